The van der Waals surface area contributed by atoms with Gasteiger partial charge in [-0.2, -0.15) is 0 Å². The Balaban J connectivity index is 1.75. The van der Waals surface area contributed by atoms with Crippen molar-refractivity contribution in [2.45, 2.75) is 19.8 Å². The van der Waals surface area contributed by atoms with E-state index in [1.165, 1.54) is 19.4 Å². The van der Waals surface area contributed by atoms with Gasteiger partial charge in [-0.3, -0.25) is 0 Å². The van der Waals surface area contributed by atoms with E-state index < -0.39 is 0 Å². The number of rotatable bonds is 9. The van der Waals surface area contributed by atoms with Crippen LogP contribution in [0, 0.1) is 11.8 Å². The molecule has 0 aromatic carbocycles. The molecule has 84 valence electrons. The van der Waals surface area contributed by atoms with Crippen LogP contribution in [0.4, 0.5) is 0 Å². The third kappa shape index (κ3) is 5.58. The minimum absolute atomic E-state index is 0.804. The summed E-state index contributed by atoms with van der Waals surface area (Å²) in [5.41, 5.74) is 0. The van der Waals surface area contributed by atoms with E-state index in [0.717, 1.165) is 38.1 Å². The average Bonchev–Trinajstić information content (AvgIpc) is 2.99. The molecule has 0 heterocycles. The average molecular weight is 200 g/mol. The molecule has 0 amide bonds. The topological polar surface area (TPSA) is 33.3 Å². The molecule has 3 heteroatoms. The molecule has 0 bridgehead atoms. The highest BCUT2D eigenvalue weighted by molar-refractivity contribution is 4.79. The molecule has 0 saturated heterocycles. The minimum Gasteiger partial charge on any atom is -0.383 e. The highest BCUT2D eigenvalue weighted by atomic mass is 16.5. The van der Waals surface area contributed by atoms with Gasteiger partial charge in [-0.15, -0.1) is 0 Å². The Morgan fingerprint density at radius 2 is 1.93 bits per heavy atom. The molecule has 0 radical (unpaired) electrons. The Hall–Kier alpha value is -0.120. The van der Waals surface area contributed by atoms with Crippen LogP contribution in [-0.4, -0.2) is 39.9 Å². The van der Waals surface area contributed by atoms with Gasteiger partial charge in [0.2, 0.25) is 0 Å². The van der Waals surface area contributed by atoms with Crippen LogP contribution < -0.4 is 10.6 Å². The monoisotopic (exact) mass is 200 g/mol. The van der Waals surface area contributed by atoms with Gasteiger partial charge >= 0.3 is 0 Å². The van der Waals surface area contributed by atoms with Crippen molar-refractivity contribution in [3.8, 4) is 0 Å². The summed E-state index contributed by atoms with van der Waals surface area (Å²) in [5.74, 6) is 1.89. The standard InChI is InChI=1S/C11H24N2O/c1-10(11-3-4-11)9-13-6-5-12-7-8-14-2/h10-13H,3-9H2,1-2H3. The molecular weight excluding hydrogens is 176 g/mol. The molecule has 3 nitrogen and oxygen atoms in total. The van der Waals surface area contributed by atoms with Crippen LogP contribution in [0.25, 0.3) is 0 Å². The lowest BCUT2D eigenvalue weighted by atomic mass is 10.1. The second-order valence-electron chi connectivity index (χ2n) is 4.26. The van der Waals surface area contributed by atoms with Gasteiger partial charge in [-0.1, -0.05) is 6.92 Å². The van der Waals surface area contributed by atoms with E-state index in [1.807, 2.05) is 0 Å². The van der Waals surface area contributed by atoms with Crippen molar-refractivity contribution in [3.05, 3.63) is 0 Å². The summed E-state index contributed by atoms with van der Waals surface area (Å²) in [6.07, 6.45) is 2.91. The normalized spacial score (nSPS) is 18.4. The summed E-state index contributed by atoms with van der Waals surface area (Å²) in [5, 5.41) is 6.80. The van der Waals surface area contributed by atoms with E-state index in [-0.39, 0.29) is 0 Å². The lowest BCUT2D eigenvalue weighted by molar-refractivity contribution is 0.199. The highest BCUT2D eigenvalue weighted by Gasteiger charge is 2.27. The maximum absolute atomic E-state index is 4.94. The molecule has 1 atom stereocenters. The molecule has 0 aromatic heterocycles. The van der Waals surface area contributed by atoms with Crippen molar-refractivity contribution in [3.63, 3.8) is 0 Å². The van der Waals surface area contributed by atoms with Crippen molar-refractivity contribution < 1.29 is 4.74 Å². The minimum atomic E-state index is 0.804. The maximum Gasteiger partial charge on any atom is 0.0587 e. The predicted molar refractivity (Wildman–Crippen MR) is 59.5 cm³/mol. The molecule has 0 spiro atoms. The van der Waals surface area contributed by atoms with E-state index in [4.69, 9.17) is 4.74 Å². The number of methoxy groups -OCH3 is 1. The molecule has 0 aliphatic heterocycles. The summed E-state index contributed by atoms with van der Waals surface area (Å²) in [6, 6.07) is 0. The van der Waals surface area contributed by atoms with Crippen LogP contribution >= 0.6 is 0 Å². The molecule has 1 aliphatic rings. The molecule has 14 heavy (non-hydrogen) atoms. The number of hydrogen-bond donors (Lipinski definition) is 2. The first-order chi connectivity index (χ1) is 6.84. The Bertz CT molecular complexity index is 137. The fourth-order valence-electron chi connectivity index (χ4n) is 1.64. The molecule has 1 aliphatic carbocycles. The Morgan fingerprint density at radius 3 is 2.57 bits per heavy atom. The molecule has 1 unspecified atom stereocenters. The summed E-state index contributed by atoms with van der Waals surface area (Å²) in [7, 11) is 1.73. The Labute approximate surface area is 87.6 Å². The van der Waals surface area contributed by atoms with Crippen LogP contribution in [0.5, 0.6) is 0 Å². The van der Waals surface area contributed by atoms with Gasteiger partial charge < -0.3 is 15.4 Å². The van der Waals surface area contributed by atoms with Crippen LogP contribution in [0.15, 0.2) is 0 Å². The van der Waals surface area contributed by atoms with Gasteiger partial charge in [0.1, 0.15) is 0 Å². The number of ether oxygens (including phenoxy) is 1. The third-order valence-electron chi connectivity index (χ3n) is 2.85. The van der Waals surface area contributed by atoms with Crippen molar-refractivity contribution >= 4 is 0 Å². The first-order valence-corrected chi connectivity index (χ1v) is 5.75. The zero-order valence-electron chi connectivity index (χ0n) is 9.51. The highest BCUT2D eigenvalue weighted by Crippen LogP contribution is 2.35. The zero-order chi connectivity index (χ0) is 10.2. The SMILES string of the molecule is COCCNCCNCC(C)C1CC1. The molecule has 0 aromatic rings. The zero-order valence-corrected chi connectivity index (χ0v) is 9.51. The van der Waals surface area contributed by atoms with Gasteiger partial charge in [0.15, 0.2) is 0 Å². The van der Waals surface area contributed by atoms with Crippen molar-refractivity contribution in [2.24, 2.45) is 11.8 Å². The van der Waals surface area contributed by atoms with E-state index >= 15 is 0 Å². The molecular formula is C11H24N2O. The summed E-state index contributed by atoms with van der Waals surface area (Å²) in [4.78, 5) is 0. The van der Waals surface area contributed by atoms with E-state index in [0.29, 0.717) is 0 Å². The quantitative estimate of drug-likeness (QED) is 0.542. The fourth-order valence-corrected chi connectivity index (χ4v) is 1.64. The molecule has 2 N–H and O–H groups in total. The van der Waals surface area contributed by atoms with Crippen LogP contribution in [0.2, 0.25) is 0 Å². The van der Waals surface area contributed by atoms with Crippen molar-refractivity contribution in [1.29, 1.82) is 0 Å². The maximum atomic E-state index is 4.94. The lowest BCUT2D eigenvalue weighted by Crippen LogP contribution is -2.32. The first-order valence-electron chi connectivity index (χ1n) is 5.75. The van der Waals surface area contributed by atoms with Gasteiger partial charge in [-0.25, -0.2) is 0 Å². The summed E-state index contributed by atoms with van der Waals surface area (Å²) < 4.78 is 4.94. The number of nitrogens with one attached hydrogen (secondary N) is 2. The van der Waals surface area contributed by atoms with Gasteiger partial charge in [0.25, 0.3) is 0 Å². The van der Waals surface area contributed by atoms with Crippen molar-refractivity contribution in [1.82, 2.24) is 10.6 Å². The lowest BCUT2D eigenvalue weighted by Gasteiger charge is -2.11. The van der Waals surface area contributed by atoms with E-state index in [2.05, 4.69) is 17.6 Å². The van der Waals surface area contributed by atoms with Crippen molar-refractivity contribution in [2.75, 3.05) is 39.9 Å². The first kappa shape index (κ1) is 12.0. The van der Waals surface area contributed by atoms with E-state index in [9.17, 15) is 0 Å². The summed E-state index contributed by atoms with van der Waals surface area (Å²) in [6.45, 7) is 7.40. The van der Waals surface area contributed by atoms with Crippen LogP contribution in [0.3, 0.4) is 0 Å². The fraction of sp³-hybridized carbons (Fsp3) is 1.00. The summed E-state index contributed by atoms with van der Waals surface area (Å²) >= 11 is 0. The Kier molecular flexibility index (Phi) is 6.15. The molecule has 1 saturated carbocycles. The van der Waals surface area contributed by atoms with Gasteiger partial charge in [0, 0.05) is 26.7 Å². The van der Waals surface area contributed by atoms with Gasteiger partial charge in [0.05, 0.1) is 6.61 Å². The van der Waals surface area contributed by atoms with Crippen LogP contribution in [0.1, 0.15) is 19.8 Å². The smallest absolute Gasteiger partial charge is 0.0587 e. The van der Waals surface area contributed by atoms with Crippen LogP contribution in [-0.2, 0) is 4.74 Å². The third-order valence-corrected chi connectivity index (χ3v) is 2.85. The number of hydrogen-bond acceptors (Lipinski definition) is 3. The second-order valence-corrected chi connectivity index (χ2v) is 4.26. The van der Waals surface area contributed by atoms with Gasteiger partial charge in [-0.05, 0) is 31.2 Å². The Morgan fingerprint density at radius 1 is 1.21 bits per heavy atom. The largest absolute Gasteiger partial charge is 0.383 e. The predicted octanol–water partition coefficient (Wildman–Crippen LogP) is 0.858. The second kappa shape index (κ2) is 7.21. The molecule has 1 fully saturated rings. The molecule has 1 rings (SSSR count). The van der Waals surface area contributed by atoms with E-state index in [1.54, 1.807) is 7.11 Å².